The Hall–Kier alpha value is -2.08. The van der Waals surface area contributed by atoms with Crippen LogP contribution in [0.4, 0.5) is 5.69 Å². The third-order valence-corrected chi connectivity index (χ3v) is 4.08. The summed E-state index contributed by atoms with van der Waals surface area (Å²) in [7, 11) is 0. The molecule has 6 heteroatoms. The molecule has 22 heavy (non-hydrogen) atoms. The van der Waals surface area contributed by atoms with Crippen molar-refractivity contribution in [1.29, 1.82) is 0 Å². The minimum Gasteiger partial charge on any atom is -0.408 e. The molecule has 1 amide bonds. The zero-order valence-electron chi connectivity index (χ0n) is 12.9. The highest BCUT2D eigenvalue weighted by Crippen LogP contribution is 2.25. The lowest BCUT2D eigenvalue weighted by atomic mass is 10.1. The van der Waals surface area contributed by atoms with Crippen molar-refractivity contribution in [3.05, 3.63) is 28.7 Å². The first kappa shape index (κ1) is 14.8. The molecule has 2 N–H and O–H groups in total. The molecule has 0 bridgehead atoms. The number of fused-ring (bicyclic) bond motifs is 1. The van der Waals surface area contributed by atoms with E-state index in [-0.39, 0.29) is 23.6 Å². The molecule has 1 fully saturated rings. The second kappa shape index (κ2) is 5.96. The molecule has 2 aromatic rings. The summed E-state index contributed by atoms with van der Waals surface area (Å²) in [5.74, 6) is -0.476. The topological polar surface area (TPSA) is 76.3 Å². The van der Waals surface area contributed by atoms with Gasteiger partial charge >= 0.3 is 5.76 Å². The Morgan fingerprint density at radius 2 is 2.09 bits per heavy atom. The first-order chi connectivity index (χ1) is 10.6. The highest BCUT2D eigenvalue weighted by Gasteiger charge is 2.21. The normalized spacial score (nSPS) is 16.3. The summed E-state index contributed by atoms with van der Waals surface area (Å²) in [5.41, 5.74) is 1.96. The van der Waals surface area contributed by atoms with Gasteiger partial charge in [-0.3, -0.25) is 9.36 Å². The summed E-state index contributed by atoms with van der Waals surface area (Å²) in [4.78, 5) is 23.9. The first-order valence-corrected chi connectivity index (χ1v) is 7.73. The quantitative estimate of drug-likeness (QED) is 0.910. The van der Waals surface area contributed by atoms with Gasteiger partial charge in [-0.25, -0.2) is 4.79 Å². The second-order valence-corrected chi connectivity index (χ2v) is 6.05. The van der Waals surface area contributed by atoms with Gasteiger partial charge in [0, 0.05) is 23.7 Å². The van der Waals surface area contributed by atoms with Gasteiger partial charge in [-0.2, -0.15) is 0 Å². The monoisotopic (exact) mass is 303 g/mol. The predicted octanol–water partition coefficient (Wildman–Crippen LogP) is 2.11. The van der Waals surface area contributed by atoms with E-state index < -0.39 is 0 Å². The van der Waals surface area contributed by atoms with Crippen LogP contribution in [-0.4, -0.2) is 23.6 Å². The number of carbonyl (C=O) groups excluding carboxylic acids is 1. The molecule has 1 aliphatic rings. The van der Waals surface area contributed by atoms with Crippen molar-refractivity contribution in [1.82, 2.24) is 9.88 Å². The highest BCUT2D eigenvalue weighted by molar-refractivity contribution is 5.93. The van der Waals surface area contributed by atoms with Crippen LogP contribution in [-0.2, 0) is 4.79 Å². The number of aromatic nitrogens is 1. The Labute approximate surface area is 128 Å². The number of rotatable bonds is 3. The van der Waals surface area contributed by atoms with E-state index in [9.17, 15) is 9.59 Å². The molecule has 0 saturated carbocycles. The SMILES string of the molecule is CC(C)C(=O)Nc1ccc2c(c1)oc(=O)n2C1CCNCC1. The zero-order chi connectivity index (χ0) is 15.7. The fraction of sp³-hybridized carbons (Fsp3) is 0.500. The Bertz CT molecular complexity index is 739. The predicted molar refractivity (Wildman–Crippen MR) is 85.1 cm³/mol. The number of hydrogen-bond acceptors (Lipinski definition) is 4. The highest BCUT2D eigenvalue weighted by atomic mass is 16.4. The van der Waals surface area contributed by atoms with Crippen LogP contribution in [0.5, 0.6) is 0 Å². The number of carbonyl (C=O) groups is 1. The van der Waals surface area contributed by atoms with Gasteiger partial charge in [0.1, 0.15) is 0 Å². The zero-order valence-corrected chi connectivity index (χ0v) is 12.9. The number of piperidine rings is 1. The maximum atomic E-state index is 12.2. The summed E-state index contributed by atoms with van der Waals surface area (Å²) in [6, 6.07) is 5.55. The number of nitrogens with zero attached hydrogens (tertiary/aromatic N) is 1. The van der Waals surface area contributed by atoms with Crippen molar-refractivity contribution in [3.63, 3.8) is 0 Å². The fourth-order valence-corrected chi connectivity index (χ4v) is 2.81. The fourth-order valence-electron chi connectivity index (χ4n) is 2.81. The molecule has 0 aliphatic carbocycles. The minimum atomic E-state index is -0.325. The van der Waals surface area contributed by atoms with E-state index >= 15 is 0 Å². The minimum absolute atomic E-state index is 0.0560. The van der Waals surface area contributed by atoms with E-state index in [1.807, 2.05) is 26.0 Å². The van der Waals surface area contributed by atoms with Crippen molar-refractivity contribution in [2.24, 2.45) is 5.92 Å². The van der Waals surface area contributed by atoms with Crippen LogP contribution >= 0.6 is 0 Å². The van der Waals surface area contributed by atoms with Crippen LogP contribution in [0, 0.1) is 5.92 Å². The first-order valence-electron chi connectivity index (χ1n) is 7.73. The Kier molecular flexibility index (Phi) is 4.02. The maximum absolute atomic E-state index is 12.2. The number of hydrogen-bond donors (Lipinski definition) is 2. The number of anilines is 1. The second-order valence-electron chi connectivity index (χ2n) is 6.05. The molecule has 1 saturated heterocycles. The van der Waals surface area contributed by atoms with E-state index in [0.29, 0.717) is 11.3 Å². The summed E-state index contributed by atoms with van der Waals surface area (Å²) in [5, 5.41) is 6.11. The lowest BCUT2D eigenvalue weighted by molar-refractivity contribution is -0.118. The molecule has 0 atom stereocenters. The molecule has 118 valence electrons. The smallest absolute Gasteiger partial charge is 0.408 e. The van der Waals surface area contributed by atoms with Gasteiger partial charge in [0.05, 0.1) is 5.52 Å². The van der Waals surface area contributed by atoms with Crippen LogP contribution in [0.25, 0.3) is 11.1 Å². The van der Waals surface area contributed by atoms with Gasteiger partial charge in [-0.15, -0.1) is 0 Å². The molecule has 6 nitrogen and oxygen atoms in total. The molecule has 0 unspecified atom stereocenters. The van der Waals surface area contributed by atoms with Crippen LogP contribution < -0.4 is 16.4 Å². The molecule has 1 aromatic carbocycles. The van der Waals surface area contributed by atoms with Crippen molar-refractivity contribution in [2.75, 3.05) is 18.4 Å². The van der Waals surface area contributed by atoms with E-state index in [4.69, 9.17) is 4.42 Å². The molecule has 0 spiro atoms. The maximum Gasteiger partial charge on any atom is 0.420 e. The van der Waals surface area contributed by atoms with Crippen LogP contribution in [0.1, 0.15) is 32.7 Å². The summed E-state index contributed by atoms with van der Waals surface area (Å²) >= 11 is 0. The molecule has 2 heterocycles. The van der Waals surface area contributed by atoms with Crippen LogP contribution in [0.2, 0.25) is 0 Å². The summed E-state index contributed by atoms with van der Waals surface area (Å²) < 4.78 is 7.11. The largest absolute Gasteiger partial charge is 0.420 e. The van der Waals surface area contributed by atoms with Gasteiger partial charge in [-0.05, 0) is 38.1 Å². The van der Waals surface area contributed by atoms with Gasteiger partial charge < -0.3 is 15.1 Å². The lowest BCUT2D eigenvalue weighted by Gasteiger charge is -2.23. The van der Waals surface area contributed by atoms with Crippen LogP contribution in [0.3, 0.4) is 0 Å². The lowest BCUT2D eigenvalue weighted by Crippen LogP contribution is -2.32. The summed E-state index contributed by atoms with van der Waals surface area (Å²) in [6.07, 6.45) is 1.83. The molecule has 0 radical (unpaired) electrons. The number of oxazole rings is 1. The van der Waals surface area contributed by atoms with E-state index in [1.54, 1.807) is 10.6 Å². The number of nitrogens with one attached hydrogen (secondary N) is 2. The Morgan fingerprint density at radius 1 is 1.36 bits per heavy atom. The standard InChI is InChI=1S/C16H21N3O3/c1-10(2)15(20)18-11-3-4-13-14(9-11)22-16(21)19(13)12-5-7-17-8-6-12/h3-4,9-10,12,17H,5-8H2,1-2H3,(H,18,20). The summed E-state index contributed by atoms with van der Waals surface area (Å²) in [6.45, 7) is 5.49. The van der Waals surface area contributed by atoms with Gasteiger partial charge in [0.2, 0.25) is 5.91 Å². The average Bonchev–Trinajstić information content (AvgIpc) is 2.83. The molecule has 1 aromatic heterocycles. The number of benzene rings is 1. The van der Waals surface area contributed by atoms with Crippen LogP contribution in [0.15, 0.2) is 27.4 Å². The molecular formula is C16H21N3O3. The third kappa shape index (κ3) is 2.78. The van der Waals surface area contributed by atoms with E-state index in [2.05, 4.69) is 10.6 Å². The van der Waals surface area contributed by atoms with Crippen molar-refractivity contribution in [3.8, 4) is 0 Å². The van der Waals surface area contributed by atoms with Crippen molar-refractivity contribution < 1.29 is 9.21 Å². The van der Waals surface area contributed by atoms with E-state index in [0.717, 1.165) is 31.4 Å². The Balaban J connectivity index is 1.94. The number of amides is 1. The molecule has 1 aliphatic heterocycles. The van der Waals surface area contributed by atoms with Gasteiger partial charge in [-0.1, -0.05) is 13.8 Å². The van der Waals surface area contributed by atoms with Gasteiger partial charge in [0.15, 0.2) is 5.58 Å². The van der Waals surface area contributed by atoms with Crippen molar-refractivity contribution in [2.45, 2.75) is 32.7 Å². The van der Waals surface area contributed by atoms with E-state index in [1.165, 1.54) is 0 Å². The Morgan fingerprint density at radius 3 is 2.77 bits per heavy atom. The third-order valence-electron chi connectivity index (χ3n) is 4.08. The average molecular weight is 303 g/mol. The van der Waals surface area contributed by atoms with Crippen molar-refractivity contribution >= 4 is 22.7 Å². The molecule has 3 rings (SSSR count). The van der Waals surface area contributed by atoms with Gasteiger partial charge in [0.25, 0.3) is 0 Å². The molecular weight excluding hydrogens is 282 g/mol.